The lowest BCUT2D eigenvalue weighted by atomic mass is 9.73. The van der Waals surface area contributed by atoms with Crippen molar-refractivity contribution in [3.05, 3.63) is 108 Å². The largest absolute Gasteiger partial charge is 0.481 e. The molecule has 1 aliphatic carbocycles. The Balaban J connectivity index is 1.45. The van der Waals surface area contributed by atoms with E-state index in [1.165, 1.54) is 0 Å². The van der Waals surface area contributed by atoms with Crippen molar-refractivity contribution in [3.63, 3.8) is 0 Å². The average molecular weight is 951 g/mol. The first-order valence-corrected chi connectivity index (χ1v) is 23.3. The highest BCUT2D eigenvalue weighted by molar-refractivity contribution is 5.99. The van der Waals surface area contributed by atoms with Crippen LogP contribution >= 0.6 is 0 Å². The number of hydrogen-bond donors (Lipinski definition) is 12. The molecule has 0 spiro atoms. The predicted octanol–water partition coefficient (Wildman–Crippen LogP) is 0.575. The van der Waals surface area contributed by atoms with Gasteiger partial charge in [0, 0.05) is 36.5 Å². The van der Waals surface area contributed by atoms with Crippen molar-refractivity contribution in [2.75, 3.05) is 13.1 Å². The molecule has 3 aromatic carbocycles. The van der Waals surface area contributed by atoms with Crippen LogP contribution in [0.25, 0.3) is 10.9 Å². The highest BCUT2D eigenvalue weighted by atomic mass is 16.4. The highest BCUT2D eigenvalue weighted by Crippen LogP contribution is 2.38. The van der Waals surface area contributed by atoms with Gasteiger partial charge in [0.15, 0.2) is 5.96 Å². The molecule has 6 amide bonds. The van der Waals surface area contributed by atoms with Gasteiger partial charge in [-0.2, -0.15) is 0 Å². The summed E-state index contributed by atoms with van der Waals surface area (Å²) in [5.41, 5.74) is 30.1. The van der Waals surface area contributed by atoms with Gasteiger partial charge in [-0.05, 0) is 93.0 Å². The molecule has 0 saturated heterocycles. The third kappa shape index (κ3) is 15.6. The van der Waals surface area contributed by atoms with E-state index in [2.05, 4.69) is 36.6 Å². The number of benzene rings is 3. The van der Waals surface area contributed by atoms with Gasteiger partial charge in [-0.3, -0.25) is 38.6 Å². The molecular formula is C49H66N12O8. The second kappa shape index (κ2) is 25.7. The first-order valence-electron chi connectivity index (χ1n) is 23.3. The Labute approximate surface area is 400 Å². The lowest BCUT2D eigenvalue weighted by Crippen LogP contribution is -2.65. The summed E-state index contributed by atoms with van der Waals surface area (Å²) in [6, 6.07) is 19.5. The average Bonchev–Trinajstić information content (AvgIpc) is 3.74. The SMILES string of the molecule is NCCCC[C@H](NC(=O)[C@H](Cc1c[nH]c2ccccc12)NC(=O)[C@H](CCCN=C(N)N)NC(=O)[C@@H](Cc1ccccc1)NC(=O)C1(NC(=O)[C@@H](N)CC(=O)O)CCC(c2ccccc2)CC1)C(N)=O. The third-order valence-electron chi connectivity index (χ3n) is 12.5. The summed E-state index contributed by atoms with van der Waals surface area (Å²) in [5.74, 6) is -5.92. The molecule has 0 aliphatic heterocycles. The van der Waals surface area contributed by atoms with E-state index < -0.39 is 83.6 Å². The maximum absolute atomic E-state index is 14.8. The number of hydrogen-bond acceptors (Lipinski definition) is 10. The van der Waals surface area contributed by atoms with Crippen molar-refractivity contribution in [2.24, 2.45) is 33.7 Å². The van der Waals surface area contributed by atoms with Crippen LogP contribution in [0.3, 0.4) is 0 Å². The summed E-state index contributed by atoms with van der Waals surface area (Å²) < 4.78 is 0. The minimum absolute atomic E-state index is 0.0207. The number of fused-ring (bicyclic) bond motifs is 1. The first-order chi connectivity index (χ1) is 33.1. The van der Waals surface area contributed by atoms with Crippen LogP contribution in [0.4, 0.5) is 0 Å². The summed E-state index contributed by atoms with van der Waals surface area (Å²) >= 11 is 0. The minimum atomic E-state index is -1.58. The van der Waals surface area contributed by atoms with Gasteiger partial charge < -0.3 is 65.3 Å². The maximum Gasteiger partial charge on any atom is 0.305 e. The molecule has 5 atom stereocenters. The molecule has 0 radical (unpaired) electrons. The molecule has 5 rings (SSSR count). The lowest BCUT2D eigenvalue weighted by Gasteiger charge is -2.41. The molecule has 370 valence electrons. The number of aliphatic carboxylic acids is 1. The number of guanidine groups is 1. The van der Waals surface area contributed by atoms with Crippen LogP contribution in [0.15, 0.2) is 96.1 Å². The molecule has 20 heteroatoms. The summed E-state index contributed by atoms with van der Waals surface area (Å²) in [5, 5.41) is 24.2. The summed E-state index contributed by atoms with van der Waals surface area (Å²) in [6.07, 6.45) is 3.71. The number of carbonyl (C=O) groups is 7. The second-order valence-electron chi connectivity index (χ2n) is 17.6. The van der Waals surface area contributed by atoms with Crippen LogP contribution in [0.2, 0.25) is 0 Å². The molecule has 1 fully saturated rings. The summed E-state index contributed by atoms with van der Waals surface area (Å²) in [4.78, 5) is 103. The number of primary amides is 1. The summed E-state index contributed by atoms with van der Waals surface area (Å²) in [6.45, 7) is 0.464. The van der Waals surface area contributed by atoms with Crippen molar-refractivity contribution >= 4 is 58.3 Å². The quantitative estimate of drug-likeness (QED) is 0.0234. The zero-order chi connectivity index (χ0) is 49.9. The Morgan fingerprint density at radius 2 is 1.28 bits per heavy atom. The Hall–Kier alpha value is -7.32. The third-order valence-corrected chi connectivity index (χ3v) is 12.5. The topological polar surface area (TPSA) is 358 Å². The van der Waals surface area contributed by atoms with Crippen LogP contribution in [-0.2, 0) is 46.4 Å². The monoisotopic (exact) mass is 951 g/mol. The van der Waals surface area contributed by atoms with Crippen LogP contribution in [0.5, 0.6) is 0 Å². The molecular weight excluding hydrogens is 885 g/mol. The van der Waals surface area contributed by atoms with Gasteiger partial charge in [-0.1, -0.05) is 78.9 Å². The van der Waals surface area contributed by atoms with Crippen molar-refractivity contribution < 1.29 is 38.7 Å². The van der Waals surface area contributed by atoms with E-state index in [-0.39, 0.29) is 63.4 Å². The number of aromatic nitrogens is 1. The van der Waals surface area contributed by atoms with Gasteiger partial charge in [0.05, 0.1) is 12.5 Å². The number of aliphatic imine (C=N–C) groups is 1. The number of unbranched alkanes of at least 4 members (excludes halogenated alkanes) is 1. The number of carboxylic acids is 1. The standard InChI is InChI=1S/C49H66N12O8/c50-24-10-9-18-37(42(52)64)57-46(68)40(27-33-29-56-36-17-8-7-16-34(33)36)59-44(66)38(19-11-25-55-48(53)54)58-45(67)39(26-30-12-3-1-4-13-30)60-47(69)49(61-43(65)35(51)28-41(62)63)22-20-32(21-23-49)31-14-5-2-6-15-31/h1-8,12-17,29,32,35,37-40,56H,9-11,18-28,50-51H2,(H2,52,64)(H,57,68)(H,58,67)(H,59,66)(H,60,69)(H,61,65)(H,62,63)(H4,53,54,55)/t32?,35-,37-,38-,39+,40-,49?/m0/s1. The molecule has 0 bridgehead atoms. The molecule has 20 nitrogen and oxygen atoms in total. The van der Waals surface area contributed by atoms with E-state index in [0.29, 0.717) is 43.4 Å². The zero-order valence-electron chi connectivity index (χ0n) is 38.7. The lowest BCUT2D eigenvalue weighted by molar-refractivity contribution is -0.141. The van der Waals surface area contributed by atoms with Crippen LogP contribution in [0.1, 0.15) is 86.8 Å². The molecule has 1 aromatic heterocycles. The number of H-pyrrole nitrogens is 1. The highest BCUT2D eigenvalue weighted by Gasteiger charge is 2.45. The second-order valence-corrected chi connectivity index (χ2v) is 17.6. The van der Waals surface area contributed by atoms with Gasteiger partial charge in [0.25, 0.3) is 0 Å². The van der Waals surface area contributed by atoms with E-state index >= 15 is 0 Å². The van der Waals surface area contributed by atoms with Crippen molar-refractivity contribution in [1.29, 1.82) is 0 Å². The van der Waals surface area contributed by atoms with Crippen molar-refractivity contribution in [3.8, 4) is 0 Å². The maximum atomic E-state index is 14.8. The number of nitrogens with one attached hydrogen (secondary N) is 6. The zero-order valence-corrected chi connectivity index (χ0v) is 38.7. The number of rotatable bonds is 26. The van der Waals surface area contributed by atoms with Crippen LogP contribution in [0, 0.1) is 0 Å². The minimum Gasteiger partial charge on any atom is -0.481 e. The number of nitrogens with two attached hydrogens (primary N) is 5. The van der Waals surface area contributed by atoms with E-state index in [9.17, 15) is 38.7 Å². The number of carboxylic acid groups (broad SMARTS) is 1. The van der Waals surface area contributed by atoms with Crippen LogP contribution in [-0.4, -0.2) is 106 Å². The molecule has 69 heavy (non-hydrogen) atoms. The molecule has 0 unspecified atom stereocenters. The first kappa shape index (κ1) is 52.6. The van der Waals surface area contributed by atoms with Gasteiger partial charge >= 0.3 is 5.97 Å². The van der Waals surface area contributed by atoms with Gasteiger partial charge in [0.1, 0.15) is 29.7 Å². The number of nitrogens with zero attached hydrogens (tertiary/aromatic N) is 1. The number of carbonyl (C=O) groups excluding carboxylic acids is 6. The fraction of sp³-hybridized carbons (Fsp3) is 0.429. The smallest absolute Gasteiger partial charge is 0.305 e. The van der Waals surface area contributed by atoms with E-state index in [0.717, 1.165) is 16.5 Å². The van der Waals surface area contributed by atoms with Gasteiger partial charge in [-0.15, -0.1) is 0 Å². The molecule has 4 aromatic rings. The number of para-hydroxylation sites is 1. The van der Waals surface area contributed by atoms with E-state index in [1.54, 1.807) is 36.5 Å². The number of amides is 6. The van der Waals surface area contributed by atoms with E-state index in [1.807, 2.05) is 54.6 Å². The molecule has 1 heterocycles. The van der Waals surface area contributed by atoms with Crippen molar-refractivity contribution in [2.45, 2.75) is 119 Å². The fourth-order valence-corrected chi connectivity index (χ4v) is 8.64. The van der Waals surface area contributed by atoms with Crippen molar-refractivity contribution in [1.82, 2.24) is 31.6 Å². The number of aromatic amines is 1. The van der Waals surface area contributed by atoms with Gasteiger partial charge in [0.2, 0.25) is 35.4 Å². The molecule has 1 aliphatic rings. The Bertz CT molecular complexity index is 2400. The molecule has 1 saturated carbocycles. The fourth-order valence-electron chi connectivity index (χ4n) is 8.64. The summed E-state index contributed by atoms with van der Waals surface area (Å²) in [7, 11) is 0. The Morgan fingerprint density at radius 1 is 0.696 bits per heavy atom. The molecule has 17 N–H and O–H groups in total. The predicted molar refractivity (Wildman–Crippen MR) is 261 cm³/mol. The van der Waals surface area contributed by atoms with E-state index in [4.69, 9.17) is 28.7 Å². The normalized spacial score (nSPS) is 17.7. The Morgan fingerprint density at radius 3 is 1.91 bits per heavy atom. The Kier molecular flexibility index (Phi) is 19.6. The van der Waals surface area contributed by atoms with Crippen LogP contribution < -0.4 is 55.3 Å². The van der Waals surface area contributed by atoms with Gasteiger partial charge in [-0.25, -0.2) is 0 Å².